The Bertz CT molecular complexity index is 281. The first-order valence-electron chi connectivity index (χ1n) is 4.18. The maximum Gasteiger partial charge on any atom is 0.207 e. The molecular formula is C8H14N4S. The van der Waals surface area contributed by atoms with Crippen LogP contribution in [0.3, 0.4) is 0 Å². The van der Waals surface area contributed by atoms with Crippen molar-refractivity contribution < 1.29 is 0 Å². The summed E-state index contributed by atoms with van der Waals surface area (Å²) in [5.74, 6) is 0. The molecule has 1 aromatic rings. The molecule has 0 fully saturated rings. The van der Waals surface area contributed by atoms with E-state index in [1.807, 2.05) is 13.8 Å². The SMILES string of the molecule is C=C(C)CNc1nnc(NCC)s1. The lowest BCUT2D eigenvalue weighted by Crippen LogP contribution is -2.00. The zero-order valence-electron chi connectivity index (χ0n) is 7.92. The molecule has 1 heterocycles. The number of nitrogens with zero attached hydrogens (tertiary/aromatic N) is 2. The second kappa shape index (κ2) is 4.81. The number of hydrogen-bond donors (Lipinski definition) is 2. The third-order valence-electron chi connectivity index (χ3n) is 1.29. The van der Waals surface area contributed by atoms with Gasteiger partial charge in [-0.3, -0.25) is 0 Å². The molecule has 0 atom stereocenters. The van der Waals surface area contributed by atoms with Gasteiger partial charge in [-0.25, -0.2) is 0 Å². The summed E-state index contributed by atoms with van der Waals surface area (Å²) < 4.78 is 0. The fourth-order valence-corrected chi connectivity index (χ4v) is 1.45. The van der Waals surface area contributed by atoms with Crippen LogP contribution in [0.5, 0.6) is 0 Å². The molecule has 5 heteroatoms. The lowest BCUT2D eigenvalue weighted by Gasteiger charge is -1.98. The number of hydrogen-bond acceptors (Lipinski definition) is 5. The molecule has 0 radical (unpaired) electrons. The number of aromatic nitrogens is 2. The molecule has 0 unspecified atom stereocenters. The number of rotatable bonds is 5. The molecule has 2 N–H and O–H groups in total. The summed E-state index contributed by atoms with van der Waals surface area (Å²) in [6.07, 6.45) is 0. The molecule has 0 aliphatic rings. The molecule has 0 aliphatic carbocycles. The Morgan fingerprint density at radius 1 is 1.38 bits per heavy atom. The van der Waals surface area contributed by atoms with Gasteiger partial charge in [0.25, 0.3) is 0 Å². The van der Waals surface area contributed by atoms with Crippen molar-refractivity contribution in [2.45, 2.75) is 13.8 Å². The van der Waals surface area contributed by atoms with Crippen LogP contribution in [0, 0.1) is 0 Å². The average molecular weight is 198 g/mol. The maximum absolute atomic E-state index is 3.96. The highest BCUT2D eigenvalue weighted by molar-refractivity contribution is 7.19. The van der Waals surface area contributed by atoms with Crippen LogP contribution in [-0.4, -0.2) is 23.3 Å². The van der Waals surface area contributed by atoms with Gasteiger partial charge >= 0.3 is 0 Å². The van der Waals surface area contributed by atoms with Gasteiger partial charge in [0.15, 0.2) is 0 Å². The third kappa shape index (κ3) is 3.42. The summed E-state index contributed by atoms with van der Waals surface area (Å²) in [6, 6.07) is 0. The minimum atomic E-state index is 0.751. The van der Waals surface area contributed by atoms with Crippen LogP contribution in [-0.2, 0) is 0 Å². The van der Waals surface area contributed by atoms with E-state index in [0.29, 0.717) is 0 Å². The Morgan fingerprint density at radius 2 is 2.00 bits per heavy atom. The Morgan fingerprint density at radius 3 is 2.54 bits per heavy atom. The van der Waals surface area contributed by atoms with Gasteiger partial charge < -0.3 is 10.6 Å². The lowest BCUT2D eigenvalue weighted by molar-refractivity contribution is 1.05. The minimum Gasteiger partial charge on any atom is -0.360 e. The molecule has 4 nitrogen and oxygen atoms in total. The largest absolute Gasteiger partial charge is 0.360 e. The van der Waals surface area contributed by atoms with Crippen molar-refractivity contribution in [1.82, 2.24) is 10.2 Å². The van der Waals surface area contributed by atoms with Crippen molar-refractivity contribution in [3.05, 3.63) is 12.2 Å². The highest BCUT2D eigenvalue weighted by Crippen LogP contribution is 2.19. The van der Waals surface area contributed by atoms with Crippen molar-refractivity contribution in [2.24, 2.45) is 0 Å². The van der Waals surface area contributed by atoms with Gasteiger partial charge in [0.2, 0.25) is 10.3 Å². The summed E-state index contributed by atoms with van der Waals surface area (Å²) in [5, 5.41) is 15.8. The van der Waals surface area contributed by atoms with Crippen LogP contribution in [0.15, 0.2) is 12.2 Å². The fraction of sp³-hybridized carbons (Fsp3) is 0.500. The molecule has 1 rings (SSSR count). The molecule has 0 bridgehead atoms. The van der Waals surface area contributed by atoms with Gasteiger partial charge in [0.1, 0.15) is 0 Å². The van der Waals surface area contributed by atoms with E-state index in [1.54, 1.807) is 0 Å². The molecule has 0 spiro atoms. The van der Waals surface area contributed by atoms with Gasteiger partial charge in [-0.05, 0) is 13.8 Å². The first-order valence-corrected chi connectivity index (χ1v) is 4.99. The van der Waals surface area contributed by atoms with Crippen molar-refractivity contribution >= 4 is 21.6 Å². The summed E-state index contributed by atoms with van der Waals surface area (Å²) in [7, 11) is 0. The van der Waals surface area contributed by atoms with Crippen LogP contribution < -0.4 is 10.6 Å². The first kappa shape index (κ1) is 9.98. The normalized spacial score (nSPS) is 9.69. The molecule has 0 aromatic carbocycles. The molecular weight excluding hydrogens is 184 g/mol. The molecule has 0 saturated carbocycles. The lowest BCUT2D eigenvalue weighted by atomic mass is 10.4. The van der Waals surface area contributed by atoms with Crippen molar-refractivity contribution in [2.75, 3.05) is 23.7 Å². The first-order chi connectivity index (χ1) is 6.22. The zero-order valence-corrected chi connectivity index (χ0v) is 8.74. The van der Waals surface area contributed by atoms with E-state index >= 15 is 0 Å². The number of anilines is 2. The Labute approximate surface area is 82.1 Å². The monoisotopic (exact) mass is 198 g/mol. The van der Waals surface area contributed by atoms with Crippen molar-refractivity contribution in [1.29, 1.82) is 0 Å². The van der Waals surface area contributed by atoms with E-state index in [-0.39, 0.29) is 0 Å². The predicted octanol–water partition coefficient (Wildman–Crippen LogP) is 1.96. The van der Waals surface area contributed by atoms with E-state index in [2.05, 4.69) is 27.4 Å². The summed E-state index contributed by atoms with van der Waals surface area (Å²) in [4.78, 5) is 0. The average Bonchev–Trinajstić information content (AvgIpc) is 2.50. The van der Waals surface area contributed by atoms with Crippen LogP contribution in [0.25, 0.3) is 0 Å². The second-order valence-electron chi connectivity index (χ2n) is 2.75. The Kier molecular flexibility index (Phi) is 3.70. The Balaban J connectivity index is 2.44. The van der Waals surface area contributed by atoms with Crippen LogP contribution >= 0.6 is 11.3 Å². The third-order valence-corrected chi connectivity index (χ3v) is 2.13. The van der Waals surface area contributed by atoms with Crippen molar-refractivity contribution in [3.8, 4) is 0 Å². The summed E-state index contributed by atoms with van der Waals surface area (Å²) in [6.45, 7) is 9.41. The molecule has 13 heavy (non-hydrogen) atoms. The van der Waals surface area contributed by atoms with Gasteiger partial charge in [0.05, 0.1) is 0 Å². The quantitative estimate of drug-likeness (QED) is 0.710. The topological polar surface area (TPSA) is 49.8 Å². The van der Waals surface area contributed by atoms with Gasteiger partial charge in [0, 0.05) is 13.1 Å². The Hall–Kier alpha value is -1.10. The smallest absolute Gasteiger partial charge is 0.207 e. The van der Waals surface area contributed by atoms with Gasteiger partial charge in [-0.2, -0.15) is 0 Å². The van der Waals surface area contributed by atoms with E-state index in [0.717, 1.165) is 28.9 Å². The minimum absolute atomic E-state index is 0.751. The fourth-order valence-electron chi connectivity index (χ4n) is 0.744. The van der Waals surface area contributed by atoms with Crippen LogP contribution in [0.1, 0.15) is 13.8 Å². The van der Waals surface area contributed by atoms with Gasteiger partial charge in [-0.15, -0.1) is 10.2 Å². The zero-order chi connectivity index (χ0) is 9.68. The molecule has 0 saturated heterocycles. The van der Waals surface area contributed by atoms with E-state index < -0.39 is 0 Å². The highest BCUT2D eigenvalue weighted by atomic mass is 32.1. The van der Waals surface area contributed by atoms with Gasteiger partial charge in [-0.1, -0.05) is 23.5 Å². The molecule has 72 valence electrons. The second-order valence-corrected chi connectivity index (χ2v) is 3.73. The molecule has 0 amide bonds. The summed E-state index contributed by atoms with van der Waals surface area (Å²) >= 11 is 1.51. The van der Waals surface area contributed by atoms with E-state index in [4.69, 9.17) is 0 Å². The number of nitrogens with one attached hydrogen (secondary N) is 2. The highest BCUT2D eigenvalue weighted by Gasteiger charge is 2.00. The molecule has 1 aromatic heterocycles. The van der Waals surface area contributed by atoms with E-state index in [9.17, 15) is 0 Å². The van der Waals surface area contributed by atoms with Crippen LogP contribution in [0.2, 0.25) is 0 Å². The summed E-state index contributed by atoms with van der Waals surface area (Å²) in [5.41, 5.74) is 1.08. The standard InChI is InChI=1S/C8H14N4S/c1-4-9-7-11-12-8(13-7)10-5-6(2)3/h2,4-5H2,1,3H3,(H,9,11)(H,10,12). The van der Waals surface area contributed by atoms with E-state index in [1.165, 1.54) is 11.3 Å². The van der Waals surface area contributed by atoms with Crippen molar-refractivity contribution in [3.63, 3.8) is 0 Å². The predicted molar refractivity (Wildman–Crippen MR) is 57.4 cm³/mol. The van der Waals surface area contributed by atoms with Crippen LogP contribution in [0.4, 0.5) is 10.3 Å². The molecule has 0 aliphatic heterocycles. The maximum atomic E-state index is 3.96.